The maximum absolute atomic E-state index is 14.1. The molecule has 0 radical (unpaired) electrons. The van der Waals surface area contributed by atoms with E-state index in [9.17, 15) is 9.18 Å². The smallest absolute Gasteiger partial charge is 0.165 e. The highest BCUT2D eigenvalue weighted by Gasteiger charge is 2.17. The van der Waals surface area contributed by atoms with Gasteiger partial charge in [-0.3, -0.25) is 4.79 Å². The van der Waals surface area contributed by atoms with Crippen LogP contribution in [0.4, 0.5) is 4.39 Å². The second-order valence-electron chi connectivity index (χ2n) is 5.00. The number of carbonyl (C=O) groups excluding carboxylic acids is 1. The molecule has 21 heavy (non-hydrogen) atoms. The molecular formula is C17H25FO3. The van der Waals surface area contributed by atoms with Crippen molar-refractivity contribution in [1.29, 1.82) is 0 Å². The minimum absolute atomic E-state index is 0.0957. The molecule has 4 heteroatoms. The number of halogens is 1. The van der Waals surface area contributed by atoms with Gasteiger partial charge in [-0.15, -0.1) is 0 Å². The summed E-state index contributed by atoms with van der Waals surface area (Å²) in [7, 11) is 0. The number of Topliss-reactive ketones (excluding diaryl/α,β-unsaturated/α-hetero) is 1. The molecule has 0 spiro atoms. The first-order chi connectivity index (χ1) is 10.1. The minimum Gasteiger partial charge on any atom is -0.490 e. The third-order valence-electron chi connectivity index (χ3n) is 3.01. The van der Waals surface area contributed by atoms with Gasteiger partial charge in [0.25, 0.3) is 0 Å². The van der Waals surface area contributed by atoms with E-state index in [1.807, 2.05) is 20.8 Å². The maximum Gasteiger partial charge on any atom is 0.165 e. The lowest BCUT2D eigenvalue weighted by atomic mass is 10.0. The van der Waals surface area contributed by atoms with Crippen LogP contribution in [-0.2, 0) is 0 Å². The molecule has 0 aliphatic heterocycles. The Balaban J connectivity index is 3.01. The predicted octanol–water partition coefficient (Wildman–Crippen LogP) is 4.78. The Hall–Kier alpha value is -1.58. The largest absolute Gasteiger partial charge is 0.490 e. The molecule has 0 amide bonds. The zero-order valence-electron chi connectivity index (χ0n) is 13.2. The van der Waals surface area contributed by atoms with E-state index in [1.165, 1.54) is 12.1 Å². The van der Waals surface area contributed by atoms with Crippen molar-refractivity contribution in [3.63, 3.8) is 0 Å². The minimum atomic E-state index is -0.536. The molecule has 0 saturated carbocycles. The molecule has 3 nitrogen and oxygen atoms in total. The summed E-state index contributed by atoms with van der Waals surface area (Å²) in [6.07, 6.45) is 3.69. The lowest BCUT2D eigenvalue weighted by Crippen LogP contribution is -2.07. The lowest BCUT2D eigenvalue weighted by molar-refractivity contribution is 0.0975. The fourth-order valence-electron chi connectivity index (χ4n) is 1.87. The Morgan fingerprint density at radius 1 is 1.00 bits per heavy atom. The van der Waals surface area contributed by atoms with Crippen LogP contribution < -0.4 is 9.47 Å². The van der Waals surface area contributed by atoms with Crippen molar-refractivity contribution in [1.82, 2.24) is 0 Å². The van der Waals surface area contributed by atoms with E-state index in [2.05, 4.69) is 0 Å². The van der Waals surface area contributed by atoms with E-state index in [1.54, 1.807) is 0 Å². The van der Waals surface area contributed by atoms with Crippen molar-refractivity contribution in [2.24, 2.45) is 0 Å². The van der Waals surface area contributed by atoms with Crippen molar-refractivity contribution in [3.8, 4) is 11.5 Å². The van der Waals surface area contributed by atoms with Gasteiger partial charge in [0.2, 0.25) is 0 Å². The van der Waals surface area contributed by atoms with Crippen LogP contribution >= 0.6 is 0 Å². The molecular weight excluding hydrogens is 271 g/mol. The highest BCUT2D eigenvalue weighted by Crippen LogP contribution is 2.31. The summed E-state index contributed by atoms with van der Waals surface area (Å²) in [4.78, 5) is 12.0. The van der Waals surface area contributed by atoms with Gasteiger partial charge < -0.3 is 9.47 Å². The Morgan fingerprint density at radius 3 is 2.10 bits per heavy atom. The molecule has 0 saturated heterocycles. The van der Waals surface area contributed by atoms with E-state index in [0.717, 1.165) is 25.7 Å². The number of carbonyl (C=O) groups is 1. The van der Waals surface area contributed by atoms with Gasteiger partial charge in [-0.2, -0.15) is 0 Å². The Morgan fingerprint density at radius 2 is 1.57 bits per heavy atom. The monoisotopic (exact) mass is 296 g/mol. The second kappa shape index (κ2) is 9.37. The molecule has 0 N–H and O–H groups in total. The van der Waals surface area contributed by atoms with Crippen LogP contribution in [0.15, 0.2) is 12.1 Å². The van der Waals surface area contributed by atoms with Gasteiger partial charge in [0.1, 0.15) is 5.82 Å². The molecule has 1 aromatic rings. The zero-order valence-corrected chi connectivity index (χ0v) is 13.2. The number of ether oxygens (including phenoxy) is 2. The van der Waals surface area contributed by atoms with Crippen molar-refractivity contribution < 1.29 is 18.7 Å². The normalized spacial score (nSPS) is 10.5. The zero-order chi connectivity index (χ0) is 15.7. The SMILES string of the molecule is CCCCC(=O)c1cc(OCCC)c(OCCC)cc1F. The van der Waals surface area contributed by atoms with Gasteiger partial charge in [-0.05, 0) is 25.3 Å². The highest BCUT2D eigenvalue weighted by atomic mass is 19.1. The van der Waals surface area contributed by atoms with Gasteiger partial charge in [0, 0.05) is 12.5 Å². The Kier molecular flexibility index (Phi) is 7.80. The fraction of sp³-hybridized carbons (Fsp3) is 0.588. The number of hydrogen-bond acceptors (Lipinski definition) is 3. The molecule has 0 bridgehead atoms. The third-order valence-corrected chi connectivity index (χ3v) is 3.01. The van der Waals surface area contributed by atoms with E-state index in [4.69, 9.17) is 9.47 Å². The number of hydrogen-bond donors (Lipinski definition) is 0. The molecule has 0 atom stereocenters. The van der Waals surface area contributed by atoms with E-state index >= 15 is 0 Å². The van der Waals surface area contributed by atoms with Crippen molar-refractivity contribution in [2.45, 2.75) is 52.9 Å². The first-order valence-corrected chi connectivity index (χ1v) is 7.76. The molecule has 1 rings (SSSR count). The number of unbranched alkanes of at least 4 members (excludes halogenated alkanes) is 1. The van der Waals surface area contributed by atoms with Crippen molar-refractivity contribution in [3.05, 3.63) is 23.5 Å². The van der Waals surface area contributed by atoms with Crippen LogP contribution in [0.25, 0.3) is 0 Å². The fourth-order valence-corrected chi connectivity index (χ4v) is 1.87. The second-order valence-corrected chi connectivity index (χ2v) is 5.00. The average Bonchev–Trinajstić information content (AvgIpc) is 2.49. The van der Waals surface area contributed by atoms with Crippen molar-refractivity contribution in [2.75, 3.05) is 13.2 Å². The van der Waals surface area contributed by atoms with Crippen LogP contribution in [-0.4, -0.2) is 19.0 Å². The topological polar surface area (TPSA) is 35.5 Å². The van der Waals surface area contributed by atoms with Crippen LogP contribution in [0.1, 0.15) is 63.2 Å². The van der Waals surface area contributed by atoms with Crippen LogP contribution in [0.2, 0.25) is 0 Å². The summed E-state index contributed by atoms with van der Waals surface area (Å²) in [6.45, 7) is 6.97. The summed E-state index contributed by atoms with van der Waals surface area (Å²) >= 11 is 0. The third kappa shape index (κ3) is 5.37. The molecule has 1 aromatic carbocycles. The molecule has 0 aromatic heterocycles. The number of ketones is 1. The molecule has 0 unspecified atom stereocenters. The van der Waals surface area contributed by atoms with Crippen LogP contribution in [0, 0.1) is 5.82 Å². The average molecular weight is 296 g/mol. The van der Waals surface area contributed by atoms with Gasteiger partial charge in [0.05, 0.1) is 18.8 Å². The number of rotatable bonds is 10. The van der Waals surface area contributed by atoms with Crippen molar-refractivity contribution >= 4 is 5.78 Å². The maximum atomic E-state index is 14.1. The Bertz CT molecular complexity index is 458. The first-order valence-electron chi connectivity index (χ1n) is 7.76. The van der Waals surface area contributed by atoms with Crippen LogP contribution in [0.5, 0.6) is 11.5 Å². The van der Waals surface area contributed by atoms with Gasteiger partial charge in [0.15, 0.2) is 17.3 Å². The van der Waals surface area contributed by atoms with E-state index in [-0.39, 0.29) is 11.3 Å². The molecule has 0 heterocycles. The van der Waals surface area contributed by atoms with E-state index < -0.39 is 5.82 Å². The Labute approximate surface area is 126 Å². The number of benzene rings is 1. The summed E-state index contributed by atoms with van der Waals surface area (Å²) in [5.41, 5.74) is 0.0957. The highest BCUT2D eigenvalue weighted by molar-refractivity contribution is 5.97. The van der Waals surface area contributed by atoms with Gasteiger partial charge >= 0.3 is 0 Å². The molecule has 0 aliphatic rings. The molecule has 0 aliphatic carbocycles. The standard InChI is InChI=1S/C17H25FO3/c1-4-7-8-15(19)13-11-16(20-9-5-2)17(12-14(13)18)21-10-6-3/h11-12H,4-10H2,1-3H3. The molecule has 118 valence electrons. The first kappa shape index (κ1) is 17.5. The quantitative estimate of drug-likeness (QED) is 0.583. The molecule has 0 fully saturated rings. The van der Waals surface area contributed by atoms with E-state index in [0.29, 0.717) is 31.1 Å². The lowest BCUT2D eigenvalue weighted by Gasteiger charge is -2.14. The predicted molar refractivity (Wildman–Crippen MR) is 81.8 cm³/mol. The summed E-state index contributed by atoms with van der Waals surface area (Å²) in [5, 5.41) is 0. The summed E-state index contributed by atoms with van der Waals surface area (Å²) in [5.74, 6) is 0.102. The summed E-state index contributed by atoms with van der Waals surface area (Å²) < 4.78 is 25.2. The van der Waals surface area contributed by atoms with Crippen LogP contribution in [0.3, 0.4) is 0 Å². The summed E-state index contributed by atoms with van der Waals surface area (Å²) in [6, 6.07) is 2.74. The van der Waals surface area contributed by atoms with Gasteiger partial charge in [-0.1, -0.05) is 27.2 Å². The van der Waals surface area contributed by atoms with Gasteiger partial charge in [-0.25, -0.2) is 4.39 Å².